The molecule has 0 unspecified atom stereocenters. The van der Waals surface area contributed by atoms with Crippen molar-refractivity contribution < 1.29 is 9.53 Å². The molecule has 0 atom stereocenters. The van der Waals surface area contributed by atoms with Crippen LogP contribution in [0, 0.1) is 13.8 Å². The summed E-state index contributed by atoms with van der Waals surface area (Å²) in [6.45, 7) is 7.63. The third-order valence-electron chi connectivity index (χ3n) is 3.90. The molecule has 1 fully saturated rings. The van der Waals surface area contributed by atoms with E-state index in [2.05, 4.69) is 31.0 Å². The van der Waals surface area contributed by atoms with Crippen molar-refractivity contribution in [1.82, 2.24) is 9.80 Å². The Morgan fingerprint density at radius 1 is 1.20 bits per heavy atom. The number of methoxy groups -OCH3 is 1. The van der Waals surface area contributed by atoms with Crippen LogP contribution in [0.3, 0.4) is 0 Å². The summed E-state index contributed by atoms with van der Waals surface area (Å²) >= 11 is 0. The van der Waals surface area contributed by atoms with Gasteiger partial charge in [-0.1, -0.05) is 17.7 Å². The van der Waals surface area contributed by atoms with E-state index in [9.17, 15) is 4.79 Å². The van der Waals surface area contributed by atoms with Crippen LogP contribution < -0.4 is 4.74 Å². The van der Waals surface area contributed by atoms with Crippen LogP contribution in [0.4, 0.5) is 0 Å². The minimum absolute atomic E-state index is 0.196. The summed E-state index contributed by atoms with van der Waals surface area (Å²) in [4.78, 5) is 16.6. The van der Waals surface area contributed by atoms with Crippen molar-refractivity contribution in [2.24, 2.45) is 0 Å². The summed E-state index contributed by atoms with van der Waals surface area (Å²) in [6, 6.07) is 4.14. The van der Waals surface area contributed by atoms with Crippen LogP contribution in [-0.4, -0.2) is 56.0 Å². The summed E-state index contributed by atoms with van der Waals surface area (Å²) in [7, 11) is 3.76. The van der Waals surface area contributed by atoms with Crippen molar-refractivity contribution in [2.75, 3.05) is 40.3 Å². The molecule has 110 valence electrons. The van der Waals surface area contributed by atoms with Gasteiger partial charge < -0.3 is 14.5 Å². The molecule has 0 saturated carbocycles. The number of likely N-dealkylation sites (N-methyl/N-ethyl adjacent to an activating group) is 1. The lowest BCUT2D eigenvalue weighted by atomic mass is 10.0. The molecule has 4 heteroatoms. The Morgan fingerprint density at radius 3 is 2.45 bits per heavy atom. The molecule has 1 aromatic carbocycles. The first-order chi connectivity index (χ1) is 9.51. The van der Waals surface area contributed by atoms with Crippen LogP contribution >= 0.6 is 0 Å². The molecular formula is C16H24N2O2. The van der Waals surface area contributed by atoms with E-state index in [1.165, 1.54) is 5.56 Å². The molecule has 0 bridgehead atoms. The molecule has 1 heterocycles. The van der Waals surface area contributed by atoms with Gasteiger partial charge in [0.1, 0.15) is 5.75 Å². The van der Waals surface area contributed by atoms with Gasteiger partial charge in [-0.15, -0.1) is 0 Å². The molecule has 0 spiro atoms. The average molecular weight is 276 g/mol. The fourth-order valence-corrected chi connectivity index (χ4v) is 2.80. The summed E-state index contributed by atoms with van der Waals surface area (Å²) < 4.78 is 5.46. The van der Waals surface area contributed by atoms with Crippen LogP contribution in [-0.2, 0) is 11.2 Å². The smallest absolute Gasteiger partial charge is 0.227 e. The predicted molar refractivity (Wildman–Crippen MR) is 80.2 cm³/mol. The third-order valence-corrected chi connectivity index (χ3v) is 3.90. The minimum Gasteiger partial charge on any atom is -0.496 e. The van der Waals surface area contributed by atoms with Crippen LogP contribution in [0.25, 0.3) is 0 Å². The normalized spacial score (nSPS) is 16.3. The summed E-state index contributed by atoms with van der Waals surface area (Å²) in [5, 5.41) is 0. The second-order valence-corrected chi connectivity index (χ2v) is 5.64. The van der Waals surface area contributed by atoms with Gasteiger partial charge in [-0.05, 0) is 26.5 Å². The third kappa shape index (κ3) is 3.31. The topological polar surface area (TPSA) is 32.8 Å². The zero-order valence-electron chi connectivity index (χ0n) is 12.9. The van der Waals surface area contributed by atoms with Gasteiger partial charge in [-0.3, -0.25) is 4.79 Å². The van der Waals surface area contributed by atoms with Crippen LogP contribution in [0.2, 0.25) is 0 Å². The summed E-state index contributed by atoms with van der Waals surface area (Å²) in [5.41, 5.74) is 3.26. The lowest BCUT2D eigenvalue weighted by molar-refractivity contribution is -0.132. The fraction of sp³-hybridized carbons (Fsp3) is 0.562. The zero-order chi connectivity index (χ0) is 14.7. The molecule has 1 saturated heterocycles. The number of rotatable bonds is 3. The monoisotopic (exact) mass is 276 g/mol. The zero-order valence-corrected chi connectivity index (χ0v) is 12.9. The SMILES string of the molecule is COc1c(C)cc(C)cc1CC(=O)N1CCN(C)CC1. The van der Waals surface area contributed by atoms with Gasteiger partial charge >= 0.3 is 0 Å². The van der Waals surface area contributed by atoms with Gasteiger partial charge in [-0.25, -0.2) is 0 Å². The van der Waals surface area contributed by atoms with E-state index in [0.29, 0.717) is 6.42 Å². The largest absolute Gasteiger partial charge is 0.496 e. The number of hydrogen-bond acceptors (Lipinski definition) is 3. The molecule has 1 aliphatic rings. The molecule has 0 radical (unpaired) electrons. The molecular weight excluding hydrogens is 252 g/mol. The second kappa shape index (κ2) is 6.27. The first-order valence-corrected chi connectivity index (χ1v) is 7.11. The van der Waals surface area contributed by atoms with Gasteiger partial charge in [0.2, 0.25) is 5.91 Å². The van der Waals surface area contributed by atoms with E-state index in [4.69, 9.17) is 4.74 Å². The highest BCUT2D eigenvalue weighted by atomic mass is 16.5. The Labute approximate surface area is 121 Å². The Bertz CT molecular complexity index is 491. The second-order valence-electron chi connectivity index (χ2n) is 5.64. The number of hydrogen-bond donors (Lipinski definition) is 0. The van der Waals surface area contributed by atoms with Crippen molar-refractivity contribution in [1.29, 1.82) is 0 Å². The average Bonchev–Trinajstić information content (AvgIpc) is 2.39. The molecule has 1 aromatic rings. The predicted octanol–water partition coefficient (Wildman–Crippen LogP) is 1.63. The lowest BCUT2D eigenvalue weighted by Crippen LogP contribution is -2.47. The highest BCUT2D eigenvalue weighted by Gasteiger charge is 2.20. The number of aryl methyl sites for hydroxylation is 2. The van der Waals surface area contributed by atoms with Crippen molar-refractivity contribution in [3.05, 3.63) is 28.8 Å². The molecule has 0 N–H and O–H groups in total. The summed E-state index contributed by atoms with van der Waals surface area (Å²) in [5.74, 6) is 1.04. The Kier molecular flexibility index (Phi) is 4.65. The quantitative estimate of drug-likeness (QED) is 0.841. The van der Waals surface area contributed by atoms with Crippen LogP contribution in [0.5, 0.6) is 5.75 Å². The Morgan fingerprint density at radius 2 is 1.85 bits per heavy atom. The maximum atomic E-state index is 12.4. The molecule has 2 rings (SSSR count). The number of nitrogens with zero attached hydrogens (tertiary/aromatic N) is 2. The molecule has 0 aromatic heterocycles. The van der Waals surface area contributed by atoms with Gasteiger partial charge in [0.15, 0.2) is 0 Å². The fourth-order valence-electron chi connectivity index (χ4n) is 2.80. The van der Waals surface area contributed by atoms with Crippen molar-refractivity contribution >= 4 is 5.91 Å². The minimum atomic E-state index is 0.196. The molecule has 0 aliphatic carbocycles. The lowest BCUT2D eigenvalue weighted by Gasteiger charge is -2.32. The Hall–Kier alpha value is -1.55. The van der Waals surface area contributed by atoms with Crippen LogP contribution in [0.1, 0.15) is 16.7 Å². The number of amides is 1. The number of carbonyl (C=O) groups is 1. The van der Waals surface area contributed by atoms with E-state index in [1.807, 2.05) is 11.8 Å². The highest BCUT2D eigenvalue weighted by Crippen LogP contribution is 2.26. The van der Waals surface area contributed by atoms with Gasteiger partial charge in [0.25, 0.3) is 0 Å². The van der Waals surface area contributed by atoms with E-state index in [0.717, 1.165) is 43.1 Å². The van der Waals surface area contributed by atoms with Crippen molar-refractivity contribution in [3.63, 3.8) is 0 Å². The van der Waals surface area contributed by atoms with E-state index in [-0.39, 0.29) is 5.91 Å². The first kappa shape index (κ1) is 14.9. The molecule has 4 nitrogen and oxygen atoms in total. The highest BCUT2D eigenvalue weighted by molar-refractivity contribution is 5.80. The maximum Gasteiger partial charge on any atom is 0.227 e. The van der Waals surface area contributed by atoms with Crippen molar-refractivity contribution in [3.8, 4) is 5.75 Å². The van der Waals surface area contributed by atoms with E-state index in [1.54, 1.807) is 7.11 Å². The van der Waals surface area contributed by atoms with E-state index >= 15 is 0 Å². The molecule has 1 aliphatic heterocycles. The number of carbonyl (C=O) groups excluding carboxylic acids is 1. The van der Waals surface area contributed by atoms with Crippen molar-refractivity contribution in [2.45, 2.75) is 20.3 Å². The first-order valence-electron chi connectivity index (χ1n) is 7.11. The summed E-state index contributed by atoms with van der Waals surface area (Å²) in [6.07, 6.45) is 0.426. The number of piperazine rings is 1. The Balaban J connectivity index is 2.11. The van der Waals surface area contributed by atoms with Crippen LogP contribution in [0.15, 0.2) is 12.1 Å². The van der Waals surface area contributed by atoms with E-state index < -0.39 is 0 Å². The number of ether oxygens (including phenoxy) is 1. The van der Waals surface area contributed by atoms with Gasteiger partial charge in [0, 0.05) is 31.7 Å². The molecule has 20 heavy (non-hydrogen) atoms. The maximum absolute atomic E-state index is 12.4. The van der Waals surface area contributed by atoms with Gasteiger partial charge in [-0.2, -0.15) is 0 Å². The van der Waals surface area contributed by atoms with Gasteiger partial charge in [0.05, 0.1) is 13.5 Å². The standard InChI is InChI=1S/C16H24N2O2/c1-12-9-13(2)16(20-4)14(10-12)11-15(19)18-7-5-17(3)6-8-18/h9-10H,5-8,11H2,1-4H3. The number of benzene rings is 1. The molecule has 1 amide bonds.